The first-order valence-electron chi connectivity index (χ1n) is 31.0. The van der Waals surface area contributed by atoms with Crippen LogP contribution in [0.3, 0.4) is 0 Å². The van der Waals surface area contributed by atoms with Crippen LogP contribution in [0.2, 0.25) is 0 Å². The first-order valence-corrected chi connectivity index (χ1v) is 31.0. The van der Waals surface area contributed by atoms with Crippen molar-refractivity contribution < 1.29 is 43.2 Å². The molecule has 0 aliphatic carbocycles. The van der Waals surface area contributed by atoms with E-state index < -0.39 is 30.1 Å². The number of benzene rings is 2. The van der Waals surface area contributed by atoms with Crippen LogP contribution < -0.4 is 18.9 Å². The molecule has 3 aliphatic heterocycles. The summed E-state index contributed by atoms with van der Waals surface area (Å²) in [4.78, 5) is 44.3. The SMILES string of the molecule is Cc1c(C)c2c(c(C)c1OC(=O)C(OC(=O)CCN1CC(O)C1)C(=O)Oc1c(C)c(C)c3c(c1C)CC[C@@](C)(CCC[C@H](C)CCC[C@H](C)CCCC(C)C)O3)CC[C@@](C)(CCC[C@H](C)CCC[C@H](C)CCCC(C)C)O2. The van der Waals surface area contributed by atoms with Crippen LogP contribution in [-0.4, -0.2) is 71.0 Å². The standard InChI is InChI=1S/C67H109NO9/c1-43(2)23-17-25-45(5)27-19-29-47(7)31-21-36-66(15)38-33-56-53(13)59(49(9)51(11)61(56)76-66)74-64(71)63(73-58(70)35-40-68-41-55(69)42-68)65(72)75-60-50(10)52(12)62-57(54(60)14)34-39-67(16,77-62)37-22-32-48(8)30-20-28-46(6)26-18-24-44(3)4/h43-48,55,63,69H,17-42H2,1-16H3/t45-,46-,47-,48-,66-,67-/m1/s1. The second kappa shape index (κ2) is 29.7. The molecule has 2 aromatic rings. The molecule has 0 bridgehead atoms. The third kappa shape index (κ3) is 19.0. The molecule has 0 aromatic heterocycles. The summed E-state index contributed by atoms with van der Waals surface area (Å²) in [5, 5.41) is 9.82. The van der Waals surface area contributed by atoms with E-state index >= 15 is 0 Å². The fourth-order valence-corrected chi connectivity index (χ4v) is 12.5. The average Bonchev–Trinajstić information content (AvgIpc) is 3.36. The summed E-state index contributed by atoms with van der Waals surface area (Å²) in [6.07, 6.45) is 23.0. The molecule has 3 heterocycles. The zero-order valence-electron chi connectivity index (χ0n) is 51.7. The first-order chi connectivity index (χ1) is 36.3. The van der Waals surface area contributed by atoms with Gasteiger partial charge in [-0.1, -0.05) is 145 Å². The van der Waals surface area contributed by atoms with Crippen molar-refractivity contribution in [1.82, 2.24) is 4.90 Å². The van der Waals surface area contributed by atoms with E-state index in [0.717, 1.165) is 131 Å². The van der Waals surface area contributed by atoms with Crippen LogP contribution >= 0.6 is 0 Å². The largest absolute Gasteiger partial charge is 0.487 e. The van der Waals surface area contributed by atoms with Gasteiger partial charge in [0.15, 0.2) is 0 Å². The Morgan fingerprint density at radius 1 is 0.532 bits per heavy atom. The van der Waals surface area contributed by atoms with Crippen LogP contribution in [0.15, 0.2) is 0 Å². The molecule has 0 unspecified atom stereocenters. The summed E-state index contributed by atoms with van der Waals surface area (Å²) in [7, 11) is 0. The predicted octanol–water partition coefficient (Wildman–Crippen LogP) is 16.1. The predicted molar refractivity (Wildman–Crippen MR) is 314 cm³/mol. The average molecular weight is 1070 g/mol. The molecule has 10 nitrogen and oxygen atoms in total. The van der Waals surface area contributed by atoms with E-state index in [1.54, 1.807) is 0 Å². The van der Waals surface area contributed by atoms with Gasteiger partial charge in [-0.25, -0.2) is 9.59 Å². The number of fused-ring (bicyclic) bond motifs is 2. The molecule has 5 rings (SSSR count). The molecule has 0 amide bonds. The van der Waals surface area contributed by atoms with Crippen molar-refractivity contribution in [2.24, 2.45) is 35.5 Å². The number of likely N-dealkylation sites (tertiary alicyclic amines) is 1. The van der Waals surface area contributed by atoms with Crippen LogP contribution in [-0.2, 0) is 32.0 Å². The normalized spacial score (nSPS) is 20.2. The van der Waals surface area contributed by atoms with Crippen molar-refractivity contribution in [3.8, 4) is 23.0 Å². The van der Waals surface area contributed by atoms with Gasteiger partial charge in [-0.3, -0.25) is 9.69 Å². The molecule has 3 aliphatic rings. The molecule has 0 spiro atoms. The van der Waals surface area contributed by atoms with Crippen LogP contribution in [0.25, 0.3) is 0 Å². The van der Waals surface area contributed by atoms with Gasteiger partial charge in [0.1, 0.15) is 34.2 Å². The summed E-state index contributed by atoms with van der Waals surface area (Å²) in [5.41, 5.74) is 6.13. The molecule has 436 valence electrons. The number of hydrogen-bond donors (Lipinski definition) is 1. The molecule has 77 heavy (non-hydrogen) atoms. The lowest BCUT2D eigenvalue weighted by Gasteiger charge is -2.38. The third-order valence-corrected chi connectivity index (χ3v) is 18.3. The Labute approximate surface area is 468 Å². The fourth-order valence-electron chi connectivity index (χ4n) is 12.5. The Morgan fingerprint density at radius 2 is 0.883 bits per heavy atom. The minimum Gasteiger partial charge on any atom is -0.487 e. The number of esters is 3. The van der Waals surface area contributed by atoms with Crippen LogP contribution in [0, 0.1) is 77.0 Å². The lowest BCUT2D eigenvalue weighted by molar-refractivity contribution is -0.172. The number of hydrogen-bond acceptors (Lipinski definition) is 10. The zero-order valence-corrected chi connectivity index (χ0v) is 51.7. The molecule has 1 saturated heterocycles. The summed E-state index contributed by atoms with van der Waals surface area (Å²) < 4.78 is 32.0. The van der Waals surface area contributed by atoms with Gasteiger partial charge in [-0.15, -0.1) is 0 Å². The van der Waals surface area contributed by atoms with E-state index in [1.165, 1.54) is 89.9 Å². The number of aliphatic hydroxyl groups excluding tert-OH is 1. The van der Waals surface area contributed by atoms with Gasteiger partial charge in [0, 0.05) is 30.8 Å². The van der Waals surface area contributed by atoms with E-state index in [4.69, 9.17) is 23.7 Å². The summed E-state index contributed by atoms with van der Waals surface area (Å²) >= 11 is 0. The minimum absolute atomic E-state index is 0.0737. The molecule has 1 fully saturated rings. The summed E-state index contributed by atoms with van der Waals surface area (Å²) in [5.74, 6) is 4.16. The Morgan fingerprint density at radius 3 is 1.23 bits per heavy atom. The van der Waals surface area contributed by atoms with Crippen molar-refractivity contribution >= 4 is 17.9 Å². The first kappa shape index (κ1) is 64.2. The number of nitrogens with zero attached hydrogens (tertiary/aromatic N) is 1. The topological polar surface area (TPSA) is 121 Å². The van der Waals surface area contributed by atoms with Crippen molar-refractivity contribution in [2.75, 3.05) is 19.6 Å². The summed E-state index contributed by atoms with van der Waals surface area (Å²) in [6.45, 7) is 36.2. The van der Waals surface area contributed by atoms with E-state index in [1.807, 2.05) is 46.4 Å². The highest BCUT2D eigenvalue weighted by Gasteiger charge is 2.41. The maximum Gasteiger partial charge on any atom is 0.364 e. The number of carbonyl (C=O) groups is 3. The second-order valence-electron chi connectivity index (χ2n) is 26.7. The highest BCUT2D eigenvalue weighted by atomic mass is 16.6. The number of rotatable bonds is 32. The molecule has 2 aromatic carbocycles. The number of ether oxygens (including phenoxy) is 5. The smallest absolute Gasteiger partial charge is 0.364 e. The Hall–Kier alpha value is -3.63. The second-order valence-corrected chi connectivity index (χ2v) is 26.7. The molecular formula is C67H109NO9. The minimum atomic E-state index is -1.98. The molecule has 1 N–H and O–H groups in total. The maximum absolute atomic E-state index is 14.5. The van der Waals surface area contributed by atoms with E-state index in [-0.39, 0.29) is 17.6 Å². The Balaban J connectivity index is 1.23. The zero-order chi connectivity index (χ0) is 56.8. The fraction of sp³-hybridized carbons (Fsp3) is 0.776. The molecule has 10 heteroatoms. The van der Waals surface area contributed by atoms with Gasteiger partial charge in [-0.2, -0.15) is 0 Å². The van der Waals surface area contributed by atoms with Crippen molar-refractivity contribution in [3.05, 3.63) is 44.5 Å². The van der Waals surface area contributed by atoms with Gasteiger partial charge >= 0.3 is 17.9 Å². The van der Waals surface area contributed by atoms with Gasteiger partial charge in [0.05, 0.1) is 12.5 Å². The van der Waals surface area contributed by atoms with E-state index in [9.17, 15) is 19.5 Å². The van der Waals surface area contributed by atoms with Crippen LogP contribution in [0.4, 0.5) is 0 Å². The van der Waals surface area contributed by atoms with E-state index in [2.05, 4.69) is 69.2 Å². The third-order valence-electron chi connectivity index (χ3n) is 18.3. The van der Waals surface area contributed by atoms with Gasteiger partial charge in [0.2, 0.25) is 0 Å². The van der Waals surface area contributed by atoms with E-state index in [0.29, 0.717) is 43.0 Å². The number of carbonyl (C=O) groups excluding carboxylic acids is 3. The number of β-amino-alcohol motifs (C(OH)–C–C–N with tert-alkyl or cyclic N) is 1. The lowest BCUT2D eigenvalue weighted by atomic mass is 9.83. The van der Waals surface area contributed by atoms with Crippen LogP contribution in [0.5, 0.6) is 23.0 Å². The Bertz CT molecular complexity index is 2110. The molecule has 0 saturated carbocycles. The van der Waals surface area contributed by atoms with Crippen molar-refractivity contribution in [1.29, 1.82) is 0 Å². The maximum atomic E-state index is 14.5. The Kier molecular flexibility index (Phi) is 24.8. The monoisotopic (exact) mass is 1070 g/mol. The molecule has 6 atom stereocenters. The summed E-state index contributed by atoms with van der Waals surface area (Å²) in [6, 6.07) is 0. The van der Waals surface area contributed by atoms with Crippen molar-refractivity contribution in [3.63, 3.8) is 0 Å². The van der Waals surface area contributed by atoms with Gasteiger partial charge < -0.3 is 28.8 Å². The highest BCUT2D eigenvalue weighted by Crippen LogP contribution is 2.47. The quantitative estimate of drug-likeness (QED) is 0.0431. The van der Waals surface area contributed by atoms with Gasteiger partial charge in [0.25, 0.3) is 6.10 Å². The number of aliphatic hydroxyl groups is 1. The molecule has 0 radical (unpaired) electrons. The van der Waals surface area contributed by atoms with Gasteiger partial charge in [-0.05, 0) is 176 Å². The molecular weight excluding hydrogens is 963 g/mol. The lowest BCUT2D eigenvalue weighted by Crippen LogP contribution is -2.51. The van der Waals surface area contributed by atoms with Crippen LogP contribution in [0.1, 0.15) is 249 Å². The van der Waals surface area contributed by atoms with Crippen molar-refractivity contribution in [2.45, 2.75) is 282 Å². The highest BCUT2D eigenvalue weighted by molar-refractivity contribution is 6.01.